The number of rotatable bonds is 5. The number of aliphatic hydroxyl groups is 1. The number of carbonyl (C=O) groups is 2. The molecule has 1 aromatic carbocycles. The van der Waals surface area contributed by atoms with Crippen LogP contribution >= 0.6 is 0 Å². The molecule has 2 aromatic rings. The first-order valence-corrected chi connectivity index (χ1v) is 8.50. The van der Waals surface area contributed by atoms with Gasteiger partial charge in [-0.05, 0) is 43.0 Å². The molecule has 1 unspecified atom stereocenters. The van der Waals surface area contributed by atoms with E-state index in [-0.39, 0.29) is 12.3 Å². The number of carboxylic acids is 1. The highest BCUT2D eigenvalue weighted by Crippen LogP contribution is 2.24. The van der Waals surface area contributed by atoms with Gasteiger partial charge in [0.25, 0.3) is 0 Å². The van der Waals surface area contributed by atoms with Crippen LogP contribution in [-0.2, 0) is 9.59 Å². The van der Waals surface area contributed by atoms with Crippen LogP contribution < -0.4 is 10.6 Å². The number of carboxylic acid groups (broad SMARTS) is 1. The van der Waals surface area contributed by atoms with Gasteiger partial charge in [0.15, 0.2) is 6.04 Å². The van der Waals surface area contributed by atoms with E-state index in [0.717, 1.165) is 21.9 Å². The van der Waals surface area contributed by atoms with Gasteiger partial charge in [0.1, 0.15) is 5.76 Å². The summed E-state index contributed by atoms with van der Waals surface area (Å²) < 4.78 is 0. The van der Waals surface area contributed by atoms with Crippen molar-refractivity contribution in [1.29, 1.82) is 0 Å². The summed E-state index contributed by atoms with van der Waals surface area (Å²) in [5.74, 6) is -1.63. The predicted octanol–water partition coefficient (Wildman–Crippen LogP) is 2.22. The Kier molecular flexibility index (Phi) is 4.85. The Hall–Kier alpha value is -3.35. The SMILES string of the molecule is CC(C)(CNC(=O)C1NC=C(c2ccc3ccncc3c2)C=C1O)C(=O)O. The van der Waals surface area contributed by atoms with Gasteiger partial charge in [0.05, 0.1) is 5.41 Å². The first kappa shape index (κ1) is 18.4. The minimum Gasteiger partial charge on any atom is -0.510 e. The number of aromatic nitrogens is 1. The molecule has 0 saturated heterocycles. The van der Waals surface area contributed by atoms with Crippen LogP contribution in [0.15, 0.2) is 54.7 Å². The van der Waals surface area contributed by atoms with E-state index in [4.69, 9.17) is 5.11 Å². The number of allylic oxidation sites excluding steroid dienone is 2. The Balaban J connectivity index is 1.72. The molecule has 1 aliphatic heterocycles. The number of nitrogens with one attached hydrogen (secondary N) is 2. The third-order valence-electron chi connectivity index (χ3n) is 4.52. The van der Waals surface area contributed by atoms with Crippen molar-refractivity contribution in [2.24, 2.45) is 5.41 Å². The highest BCUT2D eigenvalue weighted by molar-refractivity contribution is 5.90. The van der Waals surface area contributed by atoms with E-state index in [1.54, 1.807) is 18.6 Å². The molecular formula is C20H21N3O4. The van der Waals surface area contributed by atoms with Crippen LogP contribution in [0.4, 0.5) is 0 Å². The Morgan fingerprint density at radius 2 is 2.04 bits per heavy atom. The summed E-state index contributed by atoms with van der Waals surface area (Å²) in [5.41, 5.74) is 0.512. The maximum Gasteiger partial charge on any atom is 0.310 e. The summed E-state index contributed by atoms with van der Waals surface area (Å²) in [6.07, 6.45) is 6.67. The molecule has 0 saturated carbocycles. The highest BCUT2D eigenvalue weighted by Gasteiger charge is 2.30. The second kappa shape index (κ2) is 7.11. The number of hydrogen-bond donors (Lipinski definition) is 4. The average Bonchev–Trinajstić information content (AvgIpc) is 2.65. The fourth-order valence-corrected chi connectivity index (χ4v) is 2.67. The Bertz CT molecular complexity index is 963. The number of pyridine rings is 1. The number of aliphatic hydroxyl groups excluding tert-OH is 1. The molecule has 27 heavy (non-hydrogen) atoms. The zero-order chi connectivity index (χ0) is 19.6. The van der Waals surface area contributed by atoms with Gasteiger partial charge in [-0.1, -0.05) is 12.1 Å². The van der Waals surface area contributed by atoms with Crippen LogP contribution in [0.1, 0.15) is 19.4 Å². The zero-order valence-corrected chi connectivity index (χ0v) is 15.1. The Labute approximate surface area is 156 Å². The second-order valence-corrected chi connectivity index (χ2v) is 7.11. The van der Waals surface area contributed by atoms with Gasteiger partial charge in [-0.3, -0.25) is 14.6 Å². The van der Waals surface area contributed by atoms with Crippen molar-refractivity contribution in [3.63, 3.8) is 0 Å². The molecule has 3 rings (SSSR count). The quantitative estimate of drug-likeness (QED) is 0.645. The molecule has 0 aliphatic carbocycles. The third kappa shape index (κ3) is 3.92. The summed E-state index contributed by atoms with van der Waals surface area (Å²) in [5, 5.41) is 26.9. The van der Waals surface area contributed by atoms with Crippen LogP contribution in [0.2, 0.25) is 0 Å². The van der Waals surface area contributed by atoms with Crippen molar-refractivity contribution in [2.75, 3.05) is 6.54 Å². The number of amides is 1. The first-order valence-electron chi connectivity index (χ1n) is 8.50. The van der Waals surface area contributed by atoms with Crippen molar-refractivity contribution in [3.8, 4) is 0 Å². The normalized spacial score (nSPS) is 16.9. The number of nitrogens with zero attached hydrogens (tertiary/aromatic N) is 1. The van der Waals surface area contributed by atoms with E-state index in [1.165, 1.54) is 19.9 Å². The van der Waals surface area contributed by atoms with E-state index in [0.29, 0.717) is 0 Å². The summed E-state index contributed by atoms with van der Waals surface area (Å²) in [6, 6.07) is 6.80. The third-order valence-corrected chi connectivity index (χ3v) is 4.52. The fraction of sp³-hybridized carbons (Fsp3) is 0.250. The maximum absolute atomic E-state index is 12.3. The molecule has 0 fully saturated rings. The lowest BCUT2D eigenvalue weighted by Crippen LogP contribution is -2.48. The molecule has 4 N–H and O–H groups in total. The van der Waals surface area contributed by atoms with Gasteiger partial charge in [0, 0.05) is 36.1 Å². The van der Waals surface area contributed by atoms with E-state index in [9.17, 15) is 14.7 Å². The molecule has 7 nitrogen and oxygen atoms in total. The molecule has 1 atom stereocenters. The molecule has 1 aliphatic rings. The number of benzene rings is 1. The van der Waals surface area contributed by atoms with E-state index in [1.807, 2.05) is 24.3 Å². The van der Waals surface area contributed by atoms with Crippen LogP contribution in [0.5, 0.6) is 0 Å². The van der Waals surface area contributed by atoms with Crippen molar-refractivity contribution in [1.82, 2.24) is 15.6 Å². The van der Waals surface area contributed by atoms with Gasteiger partial charge >= 0.3 is 5.97 Å². The van der Waals surface area contributed by atoms with Crippen LogP contribution in [0, 0.1) is 5.41 Å². The number of fused-ring (bicyclic) bond motifs is 1. The number of hydrogen-bond acceptors (Lipinski definition) is 5. The molecular weight excluding hydrogens is 346 g/mol. The lowest BCUT2D eigenvalue weighted by Gasteiger charge is -2.24. The molecule has 7 heteroatoms. The number of aliphatic carboxylic acids is 1. The van der Waals surface area contributed by atoms with E-state index >= 15 is 0 Å². The fourth-order valence-electron chi connectivity index (χ4n) is 2.67. The van der Waals surface area contributed by atoms with Crippen LogP contribution in [0.3, 0.4) is 0 Å². The topological polar surface area (TPSA) is 112 Å². The summed E-state index contributed by atoms with van der Waals surface area (Å²) >= 11 is 0. The lowest BCUT2D eigenvalue weighted by molar-refractivity contribution is -0.146. The minimum atomic E-state index is -1.09. The highest BCUT2D eigenvalue weighted by atomic mass is 16.4. The molecule has 0 radical (unpaired) electrons. The maximum atomic E-state index is 12.3. The van der Waals surface area contributed by atoms with Crippen molar-refractivity contribution >= 4 is 28.2 Å². The average molecular weight is 367 g/mol. The van der Waals surface area contributed by atoms with Crippen LogP contribution in [0.25, 0.3) is 16.3 Å². The predicted molar refractivity (Wildman–Crippen MR) is 102 cm³/mol. The summed E-state index contributed by atoms with van der Waals surface area (Å²) in [7, 11) is 0. The molecule has 140 valence electrons. The number of dihydropyridines is 1. The Morgan fingerprint density at radius 1 is 1.26 bits per heavy atom. The smallest absolute Gasteiger partial charge is 0.310 e. The van der Waals surface area contributed by atoms with Gasteiger partial charge in [-0.15, -0.1) is 0 Å². The zero-order valence-electron chi connectivity index (χ0n) is 15.1. The monoisotopic (exact) mass is 367 g/mol. The Morgan fingerprint density at radius 3 is 2.74 bits per heavy atom. The standard InChI is InChI=1S/C20H21N3O4/c1-20(2,19(26)27)11-23-18(25)17-16(24)8-15(10-22-17)13-4-3-12-5-6-21-9-14(12)7-13/h3-10,17,22,24H,11H2,1-2H3,(H,23,25)(H,26,27). The van der Waals surface area contributed by atoms with Crippen molar-refractivity contribution < 1.29 is 19.8 Å². The second-order valence-electron chi connectivity index (χ2n) is 7.11. The van der Waals surface area contributed by atoms with E-state index < -0.39 is 23.3 Å². The van der Waals surface area contributed by atoms with Gasteiger partial charge in [0.2, 0.25) is 5.91 Å². The van der Waals surface area contributed by atoms with Gasteiger partial charge in [-0.25, -0.2) is 0 Å². The largest absolute Gasteiger partial charge is 0.510 e. The molecule has 1 amide bonds. The minimum absolute atomic E-state index is 0.0408. The van der Waals surface area contributed by atoms with Crippen molar-refractivity contribution in [2.45, 2.75) is 19.9 Å². The first-order chi connectivity index (χ1) is 12.8. The molecule has 1 aromatic heterocycles. The molecule has 0 spiro atoms. The number of carbonyl (C=O) groups excluding carboxylic acids is 1. The van der Waals surface area contributed by atoms with Gasteiger partial charge in [-0.2, -0.15) is 0 Å². The summed E-state index contributed by atoms with van der Waals surface area (Å²) in [6.45, 7) is 3.00. The molecule has 0 bridgehead atoms. The molecule has 2 heterocycles. The van der Waals surface area contributed by atoms with Gasteiger partial charge < -0.3 is 20.8 Å². The van der Waals surface area contributed by atoms with Crippen molar-refractivity contribution in [3.05, 3.63) is 60.3 Å². The summed E-state index contributed by atoms with van der Waals surface area (Å²) in [4.78, 5) is 27.5. The lowest BCUT2D eigenvalue weighted by atomic mass is 9.93. The van der Waals surface area contributed by atoms with Crippen LogP contribution in [-0.4, -0.2) is 39.7 Å². The van der Waals surface area contributed by atoms with E-state index in [2.05, 4.69) is 15.6 Å².